The van der Waals surface area contributed by atoms with E-state index in [-0.39, 0.29) is 17.8 Å². The van der Waals surface area contributed by atoms with E-state index in [1.54, 1.807) is 36.5 Å². The highest BCUT2D eigenvalue weighted by Crippen LogP contribution is 2.16. The Morgan fingerprint density at radius 3 is 2.79 bits per heavy atom. The Labute approximate surface area is 116 Å². The van der Waals surface area contributed by atoms with Crippen molar-refractivity contribution in [2.24, 2.45) is 0 Å². The van der Waals surface area contributed by atoms with Crippen molar-refractivity contribution in [3.63, 3.8) is 0 Å². The Balaban J connectivity index is 1.87. The van der Waals surface area contributed by atoms with Gasteiger partial charge in [-0.2, -0.15) is 0 Å². The third kappa shape index (κ3) is 3.89. The topological polar surface area (TPSA) is 29.1 Å². The number of carbonyl (C=O) groups excluding carboxylic acids is 1. The summed E-state index contributed by atoms with van der Waals surface area (Å²) < 4.78 is 13.5. The van der Waals surface area contributed by atoms with Crippen molar-refractivity contribution in [1.82, 2.24) is 5.32 Å². The van der Waals surface area contributed by atoms with Gasteiger partial charge < -0.3 is 5.32 Å². The van der Waals surface area contributed by atoms with Crippen molar-refractivity contribution in [3.05, 3.63) is 58.0 Å². The fourth-order valence-electron chi connectivity index (χ4n) is 1.91. The minimum atomic E-state index is -0.308. The van der Waals surface area contributed by atoms with Gasteiger partial charge in [-0.15, -0.1) is 11.3 Å². The lowest BCUT2D eigenvalue weighted by molar-refractivity contribution is -0.121. The van der Waals surface area contributed by atoms with Crippen molar-refractivity contribution in [1.29, 1.82) is 0 Å². The van der Waals surface area contributed by atoms with Gasteiger partial charge in [0.15, 0.2) is 0 Å². The molecule has 2 rings (SSSR count). The Kier molecular flexibility index (Phi) is 4.68. The first-order valence-electron chi connectivity index (χ1n) is 6.23. The molecule has 1 amide bonds. The molecular formula is C15H16FNOS. The average molecular weight is 277 g/mol. The van der Waals surface area contributed by atoms with E-state index < -0.39 is 0 Å². The summed E-state index contributed by atoms with van der Waals surface area (Å²) in [5.41, 5.74) is 0.520. The zero-order valence-electron chi connectivity index (χ0n) is 10.7. The van der Waals surface area contributed by atoms with E-state index in [2.05, 4.69) is 5.32 Å². The highest BCUT2D eigenvalue weighted by Gasteiger charge is 2.12. The molecule has 1 aromatic carbocycles. The second-order valence-corrected chi connectivity index (χ2v) is 5.42. The van der Waals surface area contributed by atoms with Gasteiger partial charge in [0, 0.05) is 16.9 Å². The van der Waals surface area contributed by atoms with Gasteiger partial charge in [0.25, 0.3) is 0 Å². The van der Waals surface area contributed by atoms with Crippen LogP contribution in [0.15, 0.2) is 41.8 Å². The quantitative estimate of drug-likeness (QED) is 0.887. The van der Waals surface area contributed by atoms with E-state index in [0.717, 1.165) is 6.42 Å². The fraction of sp³-hybridized carbons (Fsp3) is 0.267. The molecule has 1 unspecified atom stereocenters. The first-order valence-corrected chi connectivity index (χ1v) is 7.11. The minimum Gasteiger partial charge on any atom is -0.349 e. The molecular weight excluding hydrogens is 261 g/mol. The second kappa shape index (κ2) is 6.48. The maximum atomic E-state index is 13.5. The van der Waals surface area contributed by atoms with Crippen LogP contribution in [0.2, 0.25) is 0 Å². The van der Waals surface area contributed by atoms with Crippen LogP contribution in [0, 0.1) is 5.82 Å². The molecule has 0 aliphatic carbocycles. The maximum Gasteiger partial charge on any atom is 0.220 e. The van der Waals surface area contributed by atoms with Crippen LogP contribution in [0.1, 0.15) is 29.8 Å². The molecule has 0 saturated heterocycles. The standard InChI is InChI=1S/C15H16FNOS/c1-11(13-6-2-3-7-14(13)16)17-15(18)9-8-12-5-4-10-19-12/h2-7,10-11H,8-9H2,1H3,(H,17,18). The lowest BCUT2D eigenvalue weighted by atomic mass is 10.1. The smallest absolute Gasteiger partial charge is 0.220 e. The number of thiophene rings is 1. The molecule has 0 radical (unpaired) electrons. The molecule has 0 aliphatic heterocycles. The maximum absolute atomic E-state index is 13.5. The molecule has 0 spiro atoms. The number of halogens is 1. The van der Waals surface area contributed by atoms with Gasteiger partial charge in [0.2, 0.25) is 5.91 Å². The van der Waals surface area contributed by atoms with Crippen molar-refractivity contribution >= 4 is 17.2 Å². The summed E-state index contributed by atoms with van der Waals surface area (Å²) in [7, 11) is 0. The van der Waals surface area contributed by atoms with Crippen molar-refractivity contribution in [2.75, 3.05) is 0 Å². The fourth-order valence-corrected chi connectivity index (χ4v) is 2.62. The van der Waals surface area contributed by atoms with Crippen LogP contribution < -0.4 is 5.32 Å². The third-order valence-electron chi connectivity index (χ3n) is 2.93. The largest absolute Gasteiger partial charge is 0.349 e. The summed E-state index contributed by atoms with van der Waals surface area (Å²) in [6, 6.07) is 10.2. The lowest BCUT2D eigenvalue weighted by Crippen LogP contribution is -2.27. The van der Waals surface area contributed by atoms with Crippen LogP contribution in [-0.4, -0.2) is 5.91 Å². The highest BCUT2D eigenvalue weighted by molar-refractivity contribution is 7.09. The SMILES string of the molecule is CC(NC(=O)CCc1cccs1)c1ccccc1F. The summed E-state index contributed by atoms with van der Waals surface area (Å²) in [6.07, 6.45) is 1.16. The van der Waals surface area contributed by atoms with Gasteiger partial charge in [-0.3, -0.25) is 4.79 Å². The molecule has 0 fully saturated rings. The Morgan fingerprint density at radius 1 is 1.32 bits per heavy atom. The summed E-state index contributed by atoms with van der Waals surface area (Å²) in [4.78, 5) is 13.0. The van der Waals surface area contributed by atoms with Gasteiger partial charge in [0.05, 0.1) is 6.04 Å². The number of nitrogens with one attached hydrogen (secondary N) is 1. The van der Waals surface area contributed by atoms with Gasteiger partial charge in [-0.05, 0) is 30.9 Å². The Morgan fingerprint density at radius 2 is 2.11 bits per heavy atom. The van der Waals surface area contributed by atoms with Crippen LogP contribution in [0.3, 0.4) is 0 Å². The normalized spacial score (nSPS) is 12.1. The molecule has 19 heavy (non-hydrogen) atoms. The zero-order valence-corrected chi connectivity index (χ0v) is 11.5. The third-order valence-corrected chi connectivity index (χ3v) is 3.86. The number of benzene rings is 1. The van der Waals surface area contributed by atoms with Crippen molar-refractivity contribution < 1.29 is 9.18 Å². The average Bonchev–Trinajstić information content (AvgIpc) is 2.90. The second-order valence-electron chi connectivity index (χ2n) is 4.39. The molecule has 0 bridgehead atoms. The molecule has 1 N–H and O–H groups in total. The molecule has 1 heterocycles. The van der Waals surface area contributed by atoms with Crippen LogP contribution in [0.25, 0.3) is 0 Å². The van der Waals surface area contributed by atoms with E-state index in [4.69, 9.17) is 0 Å². The van der Waals surface area contributed by atoms with E-state index in [1.807, 2.05) is 17.5 Å². The van der Waals surface area contributed by atoms with Gasteiger partial charge in [0.1, 0.15) is 5.82 Å². The molecule has 2 nitrogen and oxygen atoms in total. The van der Waals surface area contributed by atoms with Crippen LogP contribution in [0.4, 0.5) is 4.39 Å². The Bertz CT molecular complexity index is 539. The number of carbonyl (C=O) groups is 1. The number of hydrogen-bond acceptors (Lipinski definition) is 2. The van der Waals surface area contributed by atoms with Gasteiger partial charge >= 0.3 is 0 Å². The predicted molar refractivity (Wildman–Crippen MR) is 75.6 cm³/mol. The van der Waals surface area contributed by atoms with E-state index >= 15 is 0 Å². The van der Waals surface area contributed by atoms with Crippen molar-refractivity contribution in [3.8, 4) is 0 Å². The van der Waals surface area contributed by atoms with Crippen LogP contribution in [0.5, 0.6) is 0 Å². The molecule has 4 heteroatoms. The van der Waals surface area contributed by atoms with Gasteiger partial charge in [-0.1, -0.05) is 24.3 Å². The predicted octanol–water partition coefficient (Wildman–Crippen LogP) is 3.70. The Hall–Kier alpha value is -1.68. The molecule has 0 saturated carbocycles. The monoisotopic (exact) mass is 277 g/mol. The van der Waals surface area contributed by atoms with E-state index in [0.29, 0.717) is 12.0 Å². The molecule has 1 aromatic heterocycles. The first kappa shape index (κ1) is 13.7. The molecule has 2 aromatic rings. The molecule has 1 atom stereocenters. The minimum absolute atomic E-state index is 0.0517. The summed E-state index contributed by atoms with van der Waals surface area (Å²) in [5.74, 6) is -0.335. The summed E-state index contributed by atoms with van der Waals surface area (Å²) in [6.45, 7) is 1.79. The van der Waals surface area contributed by atoms with Crippen LogP contribution >= 0.6 is 11.3 Å². The number of aryl methyl sites for hydroxylation is 1. The summed E-state index contributed by atoms with van der Waals surface area (Å²) >= 11 is 1.64. The molecule has 100 valence electrons. The number of hydrogen-bond donors (Lipinski definition) is 1. The summed E-state index contributed by atoms with van der Waals surface area (Å²) in [5, 5.41) is 4.82. The van der Waals surface area contributed by atoms with Crippen LogP contribution in [-0.2, 0) is 11.2 Å². The molecule has 0 aliphatic rings. The lowest BCUT2D eigenvalue weighted by Gasteiger charge is -2.14. The zero-order chi connectivity index (χ0) is 13.7. The number of amides is 1. The highest BCUT2D eigenvalue weighted by atomic mass is 32.1. The first-order chi connectivity index (χ1) is 9.16. The van der Waals surface area contributed by atoms with E-state index in [9.17, 15) is 9.18 Å². The van der Waals surface area contributed by atoms with Gasteiger partial charge in [-0.25, -0.2) is 4.39 Å². The van der Waals surface area contributed by atoms with Crippen molar-refractivity contribution in [2.45, 2.75) is 25.8 Å². The van der Waals surface area contributed by atoms with E-state index in [1.165, 1.54) is 10.9 Å². The number of rotatable bonds is 5.